The van der Waals surface area contributed by atoms with Crippen molar-refractivity contribution in [2.24, 2.45) is 10.8 Å². The standard InChI is InChI=1S/C9H11N3O3.Cu.H2O/c1-15-7-4-2-3-6(8(7)13)5-11-12-9(10)14;;/h2-5H,1H3,(H4,10,11,12,13,14);;1H2/q;+2;/p-1. The third-order valence-corrected chi connectivity index (χ3v) is 1.58. The number of nitrogens with two attached hydrogens (primary N) is 1. The monoisotopic (exact) mass is 289 g/mol. The summed E-state index contributed by atoms with van der Waals surface area (Å²) in [5.74, 6) is -0.110. The maximum atomic E-state index is 11.5. The number of methoxy groups -OCH3 is 1. The maximum absolute atomic E-state index is 11.5. The van der Waals surface area contributed by atoms with E-state index < -0.39 is 6.03 Å². The minimum atomic E-state index is -0.915. The van der Waals surface area contributed by atoms with E-state index in [2.05, 4.69) is 10.5 Å². The zero-order valence-electron chi connectivity index (χ0n) is 8.88. The van der Waals surface area contributed by atoms with E-state index in [0.29, 0.717) is 0 Å². The Labute approximate surface area is 108 Å². The number of hydrogen-bond acceptors (Lipinski definition) is 4. The van der Waals surface area contributed by atoms with Gasteiger partial charge in [0.2, 0.25) is 0 Å². The molecule has 7 nitrogen and oxygen atoms in total. The van der Waals surface area contributed by atoms with Crippen molar-refractivity contribution in [3.63, 3.8) is 0 Å². The number of benzene rings is 1. The summed E-state index contributed by atoms with van der Waals surface area (Å²) < 4.78 is 4.82. The van der Waals surface area contributed by atoms with Gasteiger partial charge in [-0.15, -0.1) is 0 Å². The van der Waals surface area contributed by atoms with E-state index in [1.54, 1.807) is 6.07 Å². The minimum Gasteiger partial charge on any atom is -0.870 e. The molecule has 1 aromatic rings. The first-order valence-corrected chi connectivity index (χ1v) is 4.02. The summed E-state index contributed by atoms with van der Waals surface area (Å²) in [5, 5.41) is 14.8. The van der Waals surface area contributed by atoms with Crippen molar-refractivity contribution in [2.45, 2.75) is 0 Å². The quantitative estimate of drug-likeness (QED) is 0.352. The summed E-state index contributed by atoms with van der Waals surface area (Å²) in [4.78, 5) is 10.2. The first kappa shape index (κ1) is 17.6. The summed E-state index contributed by atoms with van der Waals surface area (Å²) in [6, 6.07) is 3.78. The molecule has 0 bridgehead atoms. The summed E-state index contributed by atoms with van der Waals surface area (Å²) in [6.07, 6.45) is 1.15. The van der Waals surface area contributed by atoms with Gasteiger partial charge in [0.15, 0.2) is 6.03 Å². The second-order valence-corrected chi connectivity index (χ2v) is 2.56. The molecule has 1 rings (SSSR count). The third kappa shape index (κ3) is 5.21. The van der Waals surface area contributed by atoms with Crippen LogP contribution in [-0.2, 0) is 22.5 Å². The third-order valence-electron chi connectivity index (χ3n) is 1.58. The number of primary amides is 1. The predicted octanol–water partition coefficient (Wildman–Crippen LogP) is -0.369. The number of nitrogens with zero attached hydrogens (tertiary/aromatic N) is 2. The fourth-order valence-corrected chi connectivity index (χ4v) is 0.943. The molecule has 8 heteroatoms. The van der Waals surface area contributed by atoms with Gasteiger partial charge in [0, 0.05) is 6.21 Å². The molecule has 17 heavy (non-hydrogen) atoms. The second kappa shape index (κ2) is 8.40. The van der Waals surface area contributed by atoms with Crippen molar-refractivity contribution in [2.75, 3.05) is 7.11 Å². The Bertz CT molecular complexity index is 398. The summed E-state index contributed by atoms with van der Waals surface area (Å²) in [6.45, 7) is 0. The number of hydrogen-bond donors (Lipinski definition) is 1. The zero-order chi connectivity index (χ0) is 11.3. The van der Waals surface area contributed by atoms with Gasteiger partial charge in [-0.05, 0) is 11.6 Å². The van der Waals surface area contributed by atoms with E-state index in [1.165, 1.54) is 19.2 Å². The van der Waals surface area contributed by atoms with Crippen LogP contribution in [0.1, 0.15) is 5.56 Å². The van der Waals surface area contributed by atoms with Crippen LogP contribution >= 0.6 is 0 Å². The average Bonchev–Trinajstić information content (AvgIpc) is 2.20. The number of ether oxygens (including phenoxy) is 1. The molecule has 5 N–H and O–H groups in total. The van der Waals surface area contributed by atoms with Crippen molar-refractivity contribution >= 4 is 12.2 Å². The Morgan fingerprint density at radius 2 is 2.24 bits per heavy atom. The van der Waals surface area contributed by atoms with Gasteiger partial charge < -0.3 is 26.5 Å². The van der Waals surface area contributed by atoms with Gasteiger partial charge in [-0.2, -0.15) is 0 Å². The number of carbonyl (C=O) groups is 1. The molecule has 0 aliphatic carbocycles. The molecular weight excluding hydrogens is 278 g/mol. The molecule has 0 atom stereocenters. The molecule has 0 unspecified atom stereocenters. The van der Waals surface area contributed by atoms with Gasteiger partial charge in [0.05, 0.1) is 7.11 Å². The molecule has 0 aliphatic rings. The summed E-state index contributed by atoms with van der Waals surface area (Å²) in [7, 11) is 1.39. The molecule has 0 heterocycles. The first-order chi connectivity index (χ1) is 7.15. The topological polar surface area (TPSA) is 135 Å². The molecule has 0 aromatic heterocycles. The molecule has 97 valence electrons. The Kier molecular flexibility index (Phi) is 8.71. The predicted molar refractivity (Wildman–Crippen MR) is 57.8 cm³/mol. The van der Waals surface area contributed by atoms with Crippen LogP contribution in [-0.4, -0.2) is 19.4 Å². The Morgan fingerprint density at radius 1 is 1.59 bits per heavy atom. The fraction of sp³-hybridized carbons (Fsp3) is 0.111. The van der Waals surface area contributed by atoms with E-state index in [-0.39, 0.29) is 39.6 Å². The van der Waals surface area contributed by atoms with Crippen LogP contribution in [0.4, 0.5) is 4.79 Å². The maximum Gasteiger partial charge on any atom is 2.00 e. The SMILES string of the molecule is COc1cccc(/C=N/[N-]C(N)=O)c1[O-].[Cu+2].[OH3+]. The van der Waals surface area contributed by atoms with E-state index in [4.69, 9.17) is 10.5 Å². The van der Waals surface area contributed by atoms with Crippen LogP contribution in [0.5, 0.6) is 11.5 Å². The average molecular weight is 290 g/mol. The van der Waals surface area contributed by atoms with Crippen LogP contribution in [0.2, 0.25) is 0 Å². The molecule has 0 fully saturated rings. The smallest absolute Gasteiger partial charge is 0.870 e. The van der Waals surface area contributed by atoms with Gasteiger partial charge in [0.25, 0.3) is 0 Å². The van der Waals surface area contributed by atoms with E-state index in [0.717, 1.165) is 6.21 Å². The molecule has 0 saturated carbocycles. The summed E-state index contributed by atoms with van der Waals surface area (Å²) in [5.41, 5.74) is 8.05. The van der Waals surface area contributed by atoms with Crippen LogP contribution in [0, 0.1) is 0 Å². The van der Waals surface area contributed by atoms with Crippen LogP contribution in [0.3, 0.4) is 0 Å². The zero-order valence-corrected chi connectivity index (χ0v) is 9.83. The Hall–Kier alpha value is -1.76. The number of carbonyl (C=O) groups excluding carboxylic acids is 1. The van der Waals surface area contributed by atoms with E-state index in [1.807, 2.05) is 0 Å². The second-order valence-electron chi connectivity index (χ2n) is 2.56. The number of rotatable bonds is 3. The van der Waals surface area contributed by atoms with Crippen LogP contribution in [0.15, 0.2) is 23.3 Å². The summed E-state index contributed by atoms with van der Waals surface area (Å²) >= 11 is 0. The van der Waals surface area contributed by atoms with Gasteiger partial charge in [0.1, 0.15) is 5.75 Å². The fourth-order valence-electron chi connectivity index (χ4n) is 0.943. The molecule has 0 spiro atoms. The van der Waals surface area contributed by atoms with Gasteiger partial charge in [-0.25, -0.2) is 0 Å². The van der Waals surface area contributed by atoms with Crippen molar-refractivity contribution < 1.29 is 37.2 Å². The molecule has 1 aromatic carbocycles. The Morgan fingerprint density at radius 3 is 2.76 bits per heavy atom. The normalized spacial score (nSPS) is 9.00. The van der Waals surface area contributed by atoms with Crippen molar-refractivity contribution in [3.05, 3.63) is 29.2 Å². The molecule has 0 saturated heterocycles. The van der Waals surface area contributed by atoms with Crippen molar-refractivity contribution in [1.29, 1.82) is 0 Å². The van der Waals surface area contributed by atoms with Crippen molar-refractivity contribution in [1.82, 2.24) is 0 Å². The minimum absolute atomic E-state index is 0. The van der Waals surface area contributed by atoms with Crippen LogP contribution < -0.4 is 15.6 Å². The number of urea groups is 1. The molecule has 2 amide bonds. The van der Waals surface area contributed by atoms with Gasteiger partial charge >= 0.3 is 17.1 Å². The van der Waals surface area contributed by atoms with E-state index in [9.17, 15) is 9.90 Å². The van der Waals surface area contributed by atoms with E-state index >= 15 is 0 Å². The van der Waals surface area contributed by atoms with Crippen LogP contribution in [0.25, 0.3) is 5.43 Å². The molecular formula is C9H12CuN3O4+. The number of amides is 2. The number of para-hydroxylation sites is 1. The molecule has 1 radical (unpaired) electrons. The van der Waals surface area contributed by atoms with Gasteiger partial charge in [-0.1, -0.05) is 17.9 Å². The van der Waals surface area contributed by atoms with Gasteiger partial charge in [-0.3, -0.25) is 9.90 Å². The molecule has 0 aliphatic heterocycles. The Balaban J connectivity index is 0. The van der Waals surface area contributed by atoms with Crippen molar-refractivity contribution in [3.8, 4) is 11.5 Å². The first-order valence-electron chi connectivity index (χ1n) is 4.02. The largest absolute Gasteiger partial charge is 2.00 e.